The van der Waals surface area contributed by atoms with E-state index in [0.717, 1.165) is 5.52 Å². The zero-order valence-corrected chi connectivity index (χ0v) is 13.7. The molecule has 1 amide bonds. The lowest BCUT2D eigenvalue weighted by molar-refractivity contribution is 0.0950. The molecule has 3 aromatic rings. The molecule has 0 fully saturated rings. The normalized spacial score (nSPS) is 11.1. The Morgan fingerprint density at radius 2 is 2.28 bits per heavy atom. The van der Waals surface area contributed by atoms with Crippen LogP contribution < -0.4 is 16.7 Å². The van der Waals surface area contributed by atoms with Gasteiger partial charge in [0.05, 0.1) is 30.7 Å². The number of nitrogens with two attached hydrogens (primary N) is 1. The molecule has 3 rings (SSSR count). The highest BCUT2D eigenvalue weighted by atomic mass is 16.5. The van der Waals surface area contributed by atoms with E-state index in [1.54, 1.807) is 22.8 Å². The number of nitrogens with one attached hydrogen (secondary N) is 3. The summed E-state index contributed by atoms with van der Waals surface area (Å²) in [5.74, 6) is 0.291. The number of benzene rings is 1. The quantitative estimate of drug-likeness (QED) is 0.444. The lowest BCUT2D eigenvalue weighted by atomic mass is 10.2. The molecule has 2 heterocycles. The number of hydrogen-bond acceptors (Lipinski definition) is 6. The third-order valence-electron chi connectivity index (χ3n) is 3.67. The molecule has 25 heavy (non-hydrogen) atoms. The van der Waals surface area contributed by atoms with Crippen molar-refractivity contribution in [3.63, 3.8) is 0 Å². The first-order chi connectivity index (χ1) is 12.1. The molecule has 0 radical (unpaired) electrons. The Kier molecular flexibility index (Phi) is 4.80. The Morgan fingerprint density at radius 3 is 3.00 bits per heavy atom. The number of hydrogen-bond donors (Lipinski definition) is 4. The molecule has 0 saturated carbocycles. The van der Waals surface area contributed by atoms with Gasteiger partial charge in [0, 0.05) is 12.2 Å². The molecule has 0 saturated heterocycles. The zero-order chi connectivity index (χ0) is 17.8. The van der Waals surface area contributed by atoms with Gasteiger partial charge in [-0.15, -0.1) is 5.10 Å². The van der Waals surface area contributed by atoms with E-state index >= 15 is 0 Å². The maximum atomic E-state index is 12.2. The molecule has 0 bridgehead atoms. The van der Waals surface area contributed by atoms with E-state index in [9.17, 15) is 9.59 Å². The molecule has 0 aliphatic heterocycles. The largest absolute Gasteiger partial charge is 0.380 e. The predicted octanol–water partition coefficient (Wildman–Crippen LogP) is -0.00360. The zero-order valence-electron chi connectivity index (χ0n) is 13.7. The molecule has 5 N–H and O–H groups in total. The first kappa shape index (κ1) is 16.7. The molecule has 0 spiro atoms. The van der Waals surface area contributed by atoms with E-state index in [0.29, 0.717) is 36.7 Å². The maximum absolute atomic E-state index is 12.2. The van der Waals surface area contributed by atoms with Crippen molar-refractivity contribution in [3.8, 4) is 0 Å². The second-order valence-corrected chi connectivity index (χ2v) is 5.33. The van der Waals surface area contributed by atoms with Gasteiger partial charge in [-0.1, -0.05) is 0 Å². The topological polar surface area (TPSA) is 144 Å². The lowest BCUT2D eigenvalue weighted by Crippen LogP contribution is -2.23. The van der Waals surface area contributed by atoms with Crippen molar-refractivity contribution in [1.29, 1.82) is 0 Å². The number of ether oxygens (including phenoxy) is 1. The number of aromatic nitrogens is 5. The number of fused-ring (bicyclic) bond motifs is 1. The first-order valence-electron chi connectivity index (χ1n) is 7.83. The Hall–Kier alpha value is -3.14. The van der Waals surface area contributed by atoms with Crippen LogP contribution in [-0.4, -0.2) is 43.9 Å². The number of imidazole rings is 1. The second kappa shape index (κ2) is 7.18. The van der Waals surface area contributed by atoms with E-state index in [1.165, 1.54) is 0 Å². The van der Waals surface area contributed by atoms with Gasteiger partial charge in [-0.05, 0) is 25.1 Å². The van der Waals surface area contributed by atoms with E-state index in [4.69, 9.17) is 10.5 Å². The fourth-order valence-electron chi connectivity index (χ4n) is 2.48. The summed E-state index contributed by atoms with van der Waals surface area (Å²) < 4.78 is 6.88. The van der Waals surface area contributed by atoms with Crippen LogP contribution in [0.1, 0.15) is 23.1 Å². The molecule has 0 aliphatic rings. The van der Waals surface area contributed by atoms with E-state index in [-0.39, 0.29) is 24.1 Å². The van der Waals surface area contributed by atoms with Crippen LogP contribution in [0.2, 0.25) is 0 Å². The highest BCUT2D eigenvalue weighted by Gasteiger charge is 2.11. The van der Waals surface area contributed by atoms with Gasteiger partial charge in [0.1, 0.15) is 5.82 Å². The number of anilines is 1. The Labute approximate surface area is 142 Å². The molecule has 132 valence electrons. The number of rotatable bonds is 7. The molecule has 0 aliphatic carbocycles. The van der Waals surface area contributed by atoms with Crippen molar-refractivity contribution in [1.82, 2.24) is 30.0 Å². The van der Waals surface area contributed by atoms with Crippen molar-refractivity contribution in [2.45, 2.75) is 20.0 Å². The van der Waals surface area contributed by atoms with Crippen molar-refractivity contribution < 1.29 is 9.53 Å². The Balaban J connectivity index is 1.74. The van der Waals surface area contributed by atoms with Crippen LogP contribution in [0.25, 0.3) is 11.0 Å². The lowest BCUT2D eigenvalue weighted by Gasteiger charge is -2.05. The molecule has 0 atom stereocenters. The number of carbonyl (C=O) groups excluding carboxylic acids is 1. The van der Waals surface area contributed by atoms with Crippen LogP contribution in [0.4, 0.5) is 5.95 Å². The number of nitrogen functional groups attached to an aromatic ring is 1. The molecule has 1 aromatic carbocycles. The molecule has 10 nitrogen and oxygen atoms in total. The standard InChI is InChI=1S/C15H19N7O3/c1-2-25-6-5-22-11-4-3-9(7-10(11)18-15(22)24)13(23)17-8-12-19-14(16)21-20-12/h3-4,7H,2,5-6,8H2,1H3,(H,17,23)(H,18,24)(H3,16,19,20,21). The van der Waals surface area contributed by atoms with Crippen molar-refractivity contribution in [2.75, 3.05) is 18.9 Å². The monoisotopic (exact) mass is 345 g/mol. The number of H-pyrrole nitrogens is 2. The van der Waals surface area contributed by atoms with Crippen molar-refractivity contribution in [2.24, 2.45) is 0 Å². The molecule has 2 aromatic heterocycles. The molecular weight excluding hydrogens is 326 g/mol. The second-order valence-electron chi connectivity index (χ2n) is 5.33. The summed E-state index contributed by atoms with van der Waals surface area (Å²) in [6, 6.07) is 5.04. The molecule has 0 unspecified atom stereocenters. The van der Waals surface area contributed by atoms with Gasteiger partial charge in [0.25, 0.3) is 5.91 Å². The highest BCUT2D eigenvalue weighted by molar-refractivity contribution is 5.97. The fourth-order valence-corrected chi connectivity index (χ4v) is 2.48. The number of carbonyl (C=O) groups is 1. The van der Waals surface area contributed by atoms with Gasteiger partial charge >= 0.3 is 5.69 Å². The van der Waals surface area contributed by atoms with E-state index in [2.05, 4.69) is 25.5 Å². The average Bonchev–Trinajstić information content (AvgIpc) is 3.15. The van der Waals surface area contributed by atoms with Crippen LogP contribution in [0.5, 0.6) is 0 Å². The van der Waals surface area contributed by atoms with Gasteiger partial charge in [0.15, 0.2) is 0 Å². The minimum Gasteiger partial charge on any atom is -0.380 e. The summed E-state index contributed by atoms with van der Waals surface area (Å²) in [4.78, 5) is 31.0. The summed E-state index contributed by atoms with van der Waals surface area (Å²) in [7, 11) is 0. The number of nitrogens with zero attached hydrogens (tertiary/aromatic N) is 3. The minimum absolute atomic E-state index is 0.122. The average molecular weight is 345 g/mol. The Morgan fingerprint density at radius 1 is 1.44 bits per heavy atom. The highest BCUT2D eigenvalue weighted by Crippen LogP contribution is 2.13. The minimum atomic E-state index is -0.292. The first-order valence-corrected chi connectivity index (χ1v) is 7.83. The smallest absolute Gasteiger partial charge is 0.326 e. The summed E-state index contributed by atoms with van der Waals surface area (Å²) in [5.41, 5.74) is 6.93. The van der Waals surface area contributed by atoms with Crippen LogP contribution >= 0.6 is 0 Å². The van der Waals surface area contributed by atoms with Crippen LogP contribution in [0.3, 0.4) is 0 Å². The molecule has 10 heteroatoms. The van der Waals surface area contributed by atoms with Crippen LogP contribution in [0, 0.1) is 0 Å². The Bertz CT molecular complexity index is 940. The summed E-state index contributed by atoms with van der Waals surface area (Å²) >= 11 is 0. The third-order valence-corrected chi connectivity index (χ3v) is 3.67. The van der Waals surface area contributed by atoms with Gasteiger partial charge < -0.3 is 20.8 Å². The maximum Gasteiger partial charge on any atom is 0.326 e. The molecular formula is C15H19N7O3. The summed E-state index contributed by atoms with van der Waals surface area (Å²) in [5, 5.41) is 9.01. The van der Waals surface area contributed by atoms with Crippen LogP contribution in [-0.2, 0) is 17.8 Å². The van der Waals surface area contributed by atoms with Gasteiger partial charge in [-0.2, -0.15) is 4.98 Å². The van der Waals surface area contributed by atoms with Gasteiger partial charge in [-0.3, -0.25) is 14.5 Å². The van der Waals surface area contributed by atoms with Crippen molar-refractivity contribution in [3.05, 3.63) is 40.1 Å². The van der Waals surface area contributed by atoms with Gasteiger partial charge in [0.2, 0.25) is 5.95 Å². The summed E-state index contributed by atoms with van der Waals surface area (Å²) in [6.45, 7) is 3.57. The third kappa shape index (κ3) is 3.69. The van der Waals surface area contributed by atoms with Gasteiger partial charge in [-0.25, -0.2) is 4.79 Å². The van der Waals surface area contributed by atoms with E-state index in [1.807, 2.05) is 6.92 Å². The SMILES string of the molecule is CCOCCn1c(=O)[nH]c2cc(C(=O)NCc3nc(N)n[nH]3)ccc21. The predicted molar refractivity (Wildman–Crippen MR) is 91.0 cm³/mol. The number of amides is 1. The fraction of sp³-hybridized carbons (Fsp3) is 0.333. The van der Waals surface area contributed by atoms with Crippen LogP contribution in [0.15, 0.2) is 23.0 Å². The number of aromatic amines is 2. The summed E-state index contributed by atoms with van der Waals surface area (Å²) in [6.07, 6.45) is 0. The van der Waals surface area contributed by atoms with Crippen molar-refractivity contribution >= 4 is 22.9 Å². The van der Waals surface area contributed by atoms with E-state index < -0.39 is 0 Å².